The largest absolute Gasteiger partial charge is 0.326 e. The molecule has 4 aromatic rings. The van der Waals surface area contributed by atoms with Crippen molar-refractivity contribution in [3.8, 4) is 11.3 Å². The number of carbonyl (C=O) groups excluding carboxylic acids is 1. The standard InChI is InChI=1S/C31H32F2N4O2/c1-21(38)34-25-8-6-7-23(19-25)22-13-17-36(18-14-22)15-4-5-16-37-31(39)27-10-3-2-9-26(27)30(35-37)24-11-12-28(32)29(33)20-24/h2-3,6-12,19-20,22H,4-5,13-18H2,1H3,(H,34,38). The van der Waals surface area contributed by atoms with Crippen LogP contribution in [0.4, 0.5) is 14.5 Å². The molecule has 8 heteroatoms. The number of carbonyl (C=O) groups is 1. The zero-order chi connectivity index (χ0) is 27.4. The number of nitrogens with one attached hydrogen (secondary N) is 1. The summed E-state index contributed by atoms with van der Waals surface area (Å²) in [4.78, 5) is 26.9. The monoisotopic (exact) mass is 530 g/mol. The number of likely N-dealkylation sites (tertiary alicyclic amines) is 1. The molecule has 6 nitrogen and oxygen atoms in total. The van der Waals surface area contributed by atoms with E-state index in [2.05, 4.69) is 27.4 Å². The van der Waals surface area contributed by atoms with E-state index in [0.717, 1.165) is 63.1 Å². The van der Waals surface area contributed by atoms with Crippen molar-refractivity contribution in [1.29, 1.82) is 0 Å². The molecule has 0 aliphatic carbocycles. The van der Waals surface area contributed by atoms with Crippen molar-refractivity contribution in [2.75, 3.05) is 25.0 Å². The minimum absolute atomic E-state index is 0.0660. The van der Waals surface area contributed by atoms with Gasteiger partial charge in [-0.1, -0.05) is 30.3 Å². The van der Waals surface area contributed by atoms with Gasteiger partial charge in [0.2, 0.25) is 5.91 Å². The Morgan fingerprint density at radius 1 is 0.923 bits per heavy atom. The Labute approximate surface area is 226 Å². The van der Waals surface area contributed by atoms with Gasteiger partial charge in [0.05, 0.1) is 11.1 Å². The van der Waals surface area contributed by atoms with Gasteiger partial charge in [-0.3, -0.25) is 9.59 Å². The molecule has 3 aromatic carbocycles. The number of unbranched alkanes of at least 4 members (excludes halogenated alkanes) is 1. The number of benzene rings is 3. The van der Waals surface area contributed by atoms with E-state index in [1.807, 2.05) is 12.1 Å². The summed E-state index contributed by atoms with van der Waals surface area (Å²) >= 11 is 0. The number of hydrogen-bond donors (Lipinski definition) is 1. The second kappa shape index (κ2) is 11.9. The lowest BCUT2D eigenvalue weighted by molar-refractivity contribution is -0.114. The number of hydrogen-bond acceptors (Lipinski definition) is 4. The van der Waals surface area contributed by atoms with Crippen LogP contribution in [-0.2, 0) is 11.3 Å². The van der Waals surface area contributed by atoms with Crippen LogP contribution < -0.4 is 10.9 Å². The fraction of sp³-hybridized carbons (Fsp3) is 0.323. The number of nitrogens with zero attached hydrogens (tertiary/aromatic N) is 3. The normalized spacial score (nSPS) is 14.5. The summed E-state index contributed by atoms with van der Waals surface area (Å²) in [6.07, 6.45) is 3.82. The van der Waals surface area contributed by atoms with Crippen molar-refractivity contribution < 1.29 is 13.6 Å². The van der Waals surface area contributed by atoms with Gasteiger partial charge in [-0.2, -0.15) is 5.10 Å². The van der Waals surface area contributed by atoms with Crippen molar-refractivity contribution in [3.05, 3.63) is 94.3 Å². The van der Waals surface area contributed by atoms with Crippen molar-refractivity contribution in [2.45, 2.75) is 45.1 Å². The van der Waals surface area contributed by atoms with Crippen LogP contribution in [-0.4, -0.2) is 40.2 Å². The maximum Gasteiger partial charge on any atom is 0.274 e. The molecular formula is C31H32F2N4O2. The quantitative estimate of drug-likeness (QED) is 0.286. The third-order valence-electron chi connectivity index (χ3n) is 7.42. The molecule has 39 heavy (non-hydrogen) atoms. The Morgan fingerprint density at radius 3 is 2.41 bits per heavy atom. The lowest BCUT2D eigenvalue weighted by Crippen LogP contribution is -2.34. The Kier molecular flexibility index (Phi) is 8.12. The molecule has 0 atom stereocenters. The van der Waals surface area contributed by atoms with Gasteiger partial charge in [-0.05, 0) is 93.2 Å². The fourth-order valence-electron chi connectivity index (χ4n) is 5.40. The average molecular weight is 531 g/mol. The van der Waals surface area contributed by atoms with Crippen LogP contribution in [0.5, 0.6) is 0 Å². The van der Waals surface area contributed by atoms with Gasteiger partial charge in [0.15, 0.2) is 11.6 Å². The molecule has 1 saturated heterocycles. The Balaban J connectivity index is 1.19. The van der Waals surface area contributed by atoms with Crippen LogP contribution in [0.2, 0.25) is 0 Å². The summed E-state index contributed by atoms with van der Waals surface area (Å²) in [5.74, 6) is -1.45. The number of aryl methyl sites for hydroxylation is 1. The van der Waals surface area contributed by atoms with Crippen LogP contribution >= 0.6 is 0 Å². The molecule has 0 saturated carbocycles. The van der Waals surface area contributed by atoms with E-state index in [-0.39, 0.29) is 11.5 Å². The first kappa shape index (κ1) is 26.7. The van der Waals surface area contributed by atoms with Gasteiger partial charge in [-0.15, -0.1) is 0 Å². The van der Waals surface area contributed by atoms with Crippen molar-refractivity contribution >= 4 is 22.4 Å². The number of anilines is 1. The predicted molar refractivity (Wildman–Crippen MR) is 150 cm³/mol. The molecule has 0 spiro atoms. The maximum absolute atomic E-state index is 14.0. The van der Waals surface area contributed by atoms with Crippen LogP contribution in [0.1, 0.15) is 44.1 Å². The average Bonchev–Trinajstić information content (AvgIpc) is 2.94. The summed E-state index contributed by atoms with van der Waals surface area (Å²) in [5.41, 5.74) is 2.82. The molecule has 1 aromatic heterocycles. The van der Waals surface area contributed by atoms with Gasteiger partial charge >= 0.3 is 0 Å². The molecule has 1 amide bonds. The number of fused-ring (bicyclic) bond motifs is 1. The topological polar surface area (TPSA) is 67.2 Å². The lowest BCUT2D eigenvalue weighted by Gasteiger charge is -2.32. The molecule has 202 valence electrons. The zero-order valence-corrected chi connectivity index (χ0v) is 22.0. The van der Waals surface area contributed by atoms with E-state index >= 15 is 0 Å². The molecule has 2 heterocycles. The van der Waals surface area contributed by atoms with Gasteiger partial charge in [0.25, 0.3) is 5.56 Å². The second-order valence-electron chi connectivity index (χ2n) is 10.2. The highest BCUT2D eigenvalue weighted by atomic mass is 19.2. The minimum atomic E-state index is -0.944. The van der Waals surface area contributed by atoms with Crippen LogP contribution in [0.15, 0.2) is 71.5 Å². The maximum atomic E-state index is 14.0. The summed E-state index contributed by atoms with van der Waals surface area (Å²) in [6.45, 7) is 4.92. The van der Waals surface area contributed by atoms with Gasteiger partial charge in [0, 0.05) is 30.1 Å². The molecule has 1 N–H and O–H groups in total. The van der Waals surface area contributed by atoms with Crippen molar-refractivity contribution in [2.24, 2.45) is 0 Å². The third-order valence-corrected chi connectivity index (χ3v) is 7.42. The van der Waals surface area contributed by atoms with Crippen LogP contribution in [0.25, 0.3) is 22.0 Å². The molecule has 0 radical (unpaired) electrons. The SMILES string of the molecule is CC(=O)Nc1cccc(C2CCN(CCCCn3nc(-c4ccc(F)c(F)c4)c4ccccc4c3=O)CC2)c1. The van der Waals surface area contributed by atoms with Gasteiger partial charge < -0.3 is 10.2 Å². The Bertz CT molecular complexity index is 1540. The summed E-state index contributed by atoms with van der Waals surface area (Å²) in [6, 6.07) is 18.9. The molecule has 1 fully saturated rings. The minimum Gasteiger partial charge on any atom is -0.326 e. The first-order chi connectivity index (χ1) is 18.9. The van der Waals surface area contributed by atoms with Gasteiger partial charge in [-0.25, -0.2) is 13.5 Å². The van der Waals surface area contributed by atoms with E-state index in [0.29, 0.717) is 34.5 Å². The zero-order valence-electron chi connectivity index (χ0n) is 22.0. The number of amides is 1. The fourth-order valence-corrected chi connectivity index (χ4v) is 5.40. The van der Waals surface area contributed by atoms with E-state index in [9.17, 15) is 18.4 Å². The highest BCUT2D eigenvalue weighted by Crippen LogP contribution is 2.30. The molecule has 1 aliphatic heterocycles. The molecule has 0 unspecified atom stereocenters. The van der Waals surface area contributed by atoms with E-state index < -0.39 is 11.6 Å². The van der Waals surface area contributed by atoms with E-state index in [4.69, 9.17) is 0 Å². The van der Waals surface area contributed by atoms with Crippen LogP contribution in [0, 0.1) is 11.6 Å². The van der Waals surface area contributed by atoms with Gasteiger partial charge in [0.1, 0.15) is 0 Å². The highest BCUT2D eigenvalue weighted by Gasteiger charge is 2.21. The lowest BCUT2D eigenvalue weighted by atomic mass is 9.89. The molecule has 0 bridgehead atoms. The Hall–Kier alpha value is -3.91. The number of halogens is 2. The van der Waals surface area contributed by atoms with Crippen molar-refractivity contribution in [1.82, 2.24) is 14.7 Å². The number of piperidine rings is 1. The van der Waals surface area contributed by atoms with E-state index in [1.54, 1.807) is 24.3 Å². The highest BCUT2D eigenvalue weighted by molar-refractivity contribution is 5.93. The summed E-state index contributed by atoms with van der Waals surface area (Å²) in [5, 5.41) is 8.56. The Morgan fingerprint density at radius 2 is 1.67 bits per heavy atom. The number of rotatable bonds is 8. The summed E-state index contributed by atoms with van der Waals surface area (Å²) < 4.78 is 28.9. The predicted octanol–water partition coefficient (Wildman–Crippen LogP) is 5.96. The first-order valence-electron chi connectivity index (χ1n) is 13.4. The first-order valence-corrected chi connectivity index (χ1v) is 13.4. The second-order valence-corrected chi connectivity index (χ2v) is 10.2. The molecule has 1 aliphatic rings. The van der Waals surface area contributed by atoms with E-state index in [1.165, 1.54) is 23.2 Å². The molecular weight excluding hydrogens is 498 g/mol. The smallest absolute Gasteiger partial charge is 0.274 e. The number of aromatic nitrogens is 2. The van der Waals surface area contributed by atoms with Crippen LogP contribution in [0.3, 0.4) is 0 Å². The summed E-state index contributed by atoms with van der Waals surface area (Å²) in [7, 11) is 0. The third kappa shape index (κ3) is 6.23. The van der Waals surface area contributed by atoms with Crippen molar-refractivity contribution in [3.63, 3.8) is 0 Å². The molecule has 5 rings (SSSR count).